The van der Waals surface area contributed by atoms with Gasteiger partial charge in [0.25, 0.3) is 0 Å². The van der Waals surface area contributed by atoms with Crippen molar-refractivity contribution < 1.29 is 17.6 Å². The number of benzene rings is 2. The summed E-state index contributed by atoms with van der Waals surface area (Å²) in [7, 11) is -3.81. The second-order valence-corrected chi connectivity index (χ2v) is 9.22. The maximum absolute atomic E-state index is 13.2. The number of hydrogen-bond acceptors (Lipinski definition) is 3. The lowest BCUT2D eigenvalue weighted by atomic mass is 9.96. The third-order valence-electron chi connectivity index (χ3n) is 5.08. The van der Waals surface area contributed by atoms with E-state index in [4.69, 9.17) is 0 Å². The highest BCUT2D eigenvalue weighted by molar-refractivity contribution is 7.91. The standard InChI is InChI=1S/C21H25FN2O3S/c22-17-11-13-19(14-12-17)28(26,27)20(16-7-3-1-4-8-16)15-23-21(25)24-18-9-5-2-6-10-18/h1,3-4,7-8,11-14,18,20H,2,5-6,9-10,15H2,(H2,23,24,25). The van der Waals surface area contributed by atoms with E-state index in [9.17, 15) is 17.6 Å². The van der Waals surface area contributed by atoms with Crippen LogP contribution in [0.2, 0.25) is 0 Å². The highest BCUT2D eigenvalue weighted by Gasteiger charge is 2.30. The number of amides is 2. The van der Waals surface area contributed by atoms with E-state index in [0.717, 1.165) is 37.8 Å². The summed E-state index contributed by atoms with van der Waals surface area (Å²) in [5.74, 6) is -0.500. The van der Waals surface area contributed by atoms with Crippen molar-refractivity contribution >= 4 is 15.9 Å². The molecule has 2 N–H and O–H groups in total. The summed E-state index contributed by atoms with van der Waals surface area (Å²) in [4.78, 5) is 12.3. The number of halogens is 1. The van der Waals surface area contributed by atoms with E-state index < -0.39 is 20.9 Å². The summed E-state index contributed by atoms with van der Waals surface area (Å²) in [6, 6.07) is 13.3. The first-order valence-electron chi connectivity index (χ1n) is 9.55. The Bertz CT molecular complexity index is 880. The van der Waals surface area contributed by atoms with Gasteiger partial charge in [0.2, 0.25) is 0 Å². The lowest BCUT2D eigenvalue weighted by molar-refractivity contribution is 0.232. The summed E-state index contributed by atoms with van der Waals surface area (Å²) in [6.07, 6.45) is 5.27. The van der Waals surface area contributed by atoms with E-state index in [1.54, 1.807) is 30.3 Å². The van der Waals surface area contributed by atoms with Crippen LogP contribution in [-0.4, -0.2) is 27.0 Å². The monoisotopic (exact) mass is 404 g/mol. The number of rotatable bonds is 6. The Labute approximate surface area is 165 Å². The highest BCUT2D eigenvalue weighted by Crippen LogP contribution is 2.28. The number of hydrogen-bond donors (Lipinski definition) is 2. The predicted octanol–water partition coefficient (Wildman–Crippen LogP) is 3.97. The maximum atomic E-state index is 13.2. The van der Waals surface area contributed by atoms with Crippen LogP contribution >= 0.6 is 0 Å². The van der Waals surface area contributed by atoms with E-state index in [1.807, 2.05) is 0 Å². The maximum Gasteiger partial charge on any atom is 0.315 e. The van der Waals surface area contributed by atoms with Gasteiger partial charge in [0, 0.05) is 12.6 Å². The second kappa shape index (κ2) is 9.19. The van der Waals surface area contributed by atoms with Gasteiger partial charge in [0.05, 0.1) is 4.90 Å². The average Bonchev–Trinajstić information content (AvgIpc) is 2.70. The molecule has 2 aromatic rings. The van der Waals surface area contributed by atoms with Crippen LogP contribution in [0, 0.1) is 5.82 Å². The zero-order valence-corrected chi connectivity index (χ0v) is 16.4. The topological polar surface area (TPSA) is 75.3 Å². The molecule has 1 aliphatic carbocycles. The quantitative estimate of drug-likeness (QED) is 0.716. The molecular weight excluding hydrogens is 379 g/mol. The molecule has 1 unspecified atom stereocenters. The van der Waals surface area contributed by atoms with Gasteiger partial charge >= 0.3 is 6.03 Å². The van der Waals surface area contributed by atoms with E-state index in [1.165, 1.54) is 18.6 Å². The molecule has 5 nitrogen and oxygen atoms in total. The van der Waals surface area contributed by atoms with Crippen molar-refractivity contribution in [3.05, 3.63) is 66.0 Å². The van der Waals surface area contributed by atoms with Crippen LogP contribution in [0.4, 0.5) is 9.18 Å². The highest BCUT2D eigenvalue weighted by atomic mass is 32.2. The van der Waals surface area contributed by atoms with Gasteiger partial charge < -0.3 is 10.6 Å². The van der Waals surface area contributed by atoms with Crippen molar-refractivity contribution in [3.8, 4) is 0 Å². The molecule has 0 aromatic heterocycles. The van der Waals surface area contributed by atoms with Crippen molar-refractivity contribution in [2.75, 3.05) is 6.54 Å². The number of urea groups is 1. The Morgan fingerprint density at radius 3 is 2.29 bits per heavy atom. The van der Waals surface area contributed by atoms with Gasteiger partial charge in [-0.3, -0.25) is 0 Å². The number of carbonyl (C=O) groups is 1. The normalized spacial score (nSPS) is 16.3. The molecule has 0 heterocycles. The fourth-order valence-electron chi connectivity index (χ4n) is 3.53. The molecule has 0 radical (unpaired) electrons. The number of carbonyl (C=O) groups excluding carboxylic acids is 1. The van der Waals surface area contributed by atoms with Gasteiger partial charge in [-0.15, -0.1) is 0 Å². The molecule has 0 bridgehead atoms. The van der Waals surface area contributed by atoms with Gasteiger partial charge in [-0.25, -0.2) is 17.6 Å². The van der Waals surface area contributed by atoms with Crippen LogP contribution in [-0.2, 0) is 9.84 Å². The third kappa shape index (κ3) is 5.10. The summed E-state index contributed by atoms with van der Waals surface area (Å²) in [5, 5.41) is 4.68. The summed E-state index contributed by atoms with van der Waals surface area (Å²) < 4.78 is 39.5. The number of sulfone groups is 1. The lowest BCUT2D eigenvalue weighted by Gasteiger charge is -2.24. The third-order valence-corrected chi connectivity index (χ3v) is 7.19. The van der Waals surface area contributed by atoms with Gasteiger partial charge in [-0.2, -0.15) is 0 Å². The summed E-state index contributed by atoms with van der Waals surface area (Å²) in [6.45, 7) is -0.0672. The van der Waals surface area contributed by atoms with Crippen molar-refractivity contribution in [1.29, 1.82) is 0 Å². The Morgan fingerprint density at radius 1 is 1.00 bits per heavy atom. The molecule has 0 aliphatic heterocycles. The SMILES string of the molecule is O=C(NCC(c1ccccc1)S(=O)(=O)c1ccc(F)cc1)NC1CCCCC1. The van der Waals surface area contributed by atoms with Gasteiger partial charge in [0.1, 0.15) is 11.1 Å². The molecular formula is C21H25FN2O3S. The Balaban J connectivity index is 1.76. The predicted molar refractivity (Wildman–Crippen MR) is 106 cm³/mol. The Hall–Kier alpha value is -2.41. The Kier molecular flexibility index (Phi) is 6.67. The van der Waals surface area contributed by atoms with E-state index in [2.05, 4.69) is 10.6 Å². The molecule has 1 atom stereocenters. The average molecular weight is 405 g/mol. The minimum atomic E-state index is -3.81. The first kappa shape index (κ1) is 20.3. The van der Waals surface area contributed by atoms with Gasteiger partial charge in [-0.05, 0) is 42.7 Å². The summed E-state index contributed by atoms with van der Waals surface area (Å²) >= 11 is 0. The molecule has 28 heavy (non-hydrogen) atoms. The molecule has 1 aliphatic rings. The zero-order valence-electron chi connectivity index (χ0n) is 15.6. The first-order valence-corrected chi connectivity index (χ1v) is 11.1. The molecule has 1 fully saturated rings. The smallest absolute Gasteiger partial charge is 0.315 e. The molecule has 7 heteroatoms. The van der Waals surface area contributed by atoms with Crippen molar-refractivity contribution in [3.63, 3.8) is 0 Å². The van der Waals surface area contributed by atoms with Crippen LogP contribution in [0.5, 0.6) is 0 Å². The second-order valence-electron chi connectivity index (χ2n) is 7.09. The molecule has 150 valence electrons. The molecule has 2 aromatic carbocycles. The van der Waals surface area contributed by atoms with Crippen LogP contribution in [0.15, 0.2) is 59.5 Å². The van der Waals surface area contributed by atoms with Crippen LogP contribution < -0.4 is 10.6 Å². The largest absolute Gasteiger partial charge is 0.336 e. The minimum Gasteiger partial charge on any atom is -0.336 e. The molecule has 3 rings (SSSR count). The molecule has 2 amide bonds. The molecule has 1 saturated carbocycles. The van der Waals surface area contributed by atoms with Crippen molar-refractivity contribution in [2.45, 2.75) is 48.3 Å². The molecule has 0 saturated heterocycles. The Morgan fingerprint density at radius 2 is 1.64 bits per heavy atom. The fourth-order valence-corrected chi connectivity index (χ4v) is 5.19. The molecule has 0 spiro atoms. The first-order chi connectivity index (χ1) is 13.5. The van der Waals surface area contributed by atoms with Gasteiger partial charge in [0.15, 0.2) is 9.84 Å². The van der Waals surface area contributed by atoms with Crippen molar-refractivity contribution in [1.82, 2.24) is 10.6 Å². The van der Waals surface area contributed by atoms with Gasteiger partial charge in [-0.1, -0.05) is 49.6 Å². The van der Waals surface area contributed by atoms with Crippen LogP contribution in [0.25, 0.3) is 0 Å². The van der Waals surface area contributed by atoms with E-state index in [0.29, 0.717) is 5.56 Å². The van der Waals surface area contributed by atoms with Crippen molar-refractivity contribution in [2.24, 2.45) is 0 Å². The van der Waals surface area contributed by atoms with E-state index >= 15 is 0 Å². The summed E-state index contributed by atoms with van der Waals surface area (Å²) in [5.41, 5.74) is 0.574. The number of nitrogens with one attached hydrogen (secondary N) is 2. The minimum absolute atomic E-state index is 0.0252. The van der Waals surface area contributed by atoms with Crippen LogP contribution in [0.1, 0.15) is 42.9 Å². The zero-order chi connectivity index (χ0) is 20.0. The van der Waals surface area contributed by atoms with E-state index in [-0.39, 0.29) is 23.5 Å². The lowest BCUT2D eigenvalue weighted by Crippen LogP contribution is -2.44. The van der Waals surface area contributed by atoms with Crippen LogP contribution in [0.3, 0.4) is 0 Å². The fraction of sp³-hybridized carbons (Fsp3) is 0.381.